The molecular formula is C8H19NO2. The molecule has 68 valence electrons. The predicted octanol–water partition coefficient (Wildman–Crippen LogP) is 0.921. The third-order valence-electron chi connectivity index (χ3n) is 0.851. The van der Waals surface area contributed by atoms with Gasteiger partial charge in [0.1, 0.15) is 0 Å². The number of nitrogens with one attached hydrogen (secondary N) is 1. The summed E-state index contributed by atoms with van der Waals surface area (Å²) in [5, 5.41) is 10.3. The Morgan fingerprint density at radius 1 is 1.36 bits per heavy atom. The normalized spacial score (nSPS) is 8.00. The monoisotopic (exact) mass is 161 g/mol. The topological polar surface area (TPSA) is 49.3 Å². The molecule has 0 atom stereocenters. The Labute approximate surface area is 68.8 Å². The second-order valence-corrected chi connectivity index (χ2v) is 2.02. The van der Waals surface area contributed by atoms with E-state index in [0.29, 0.717) is 6.42 Å². The zero-order valence-corrected chi connectivity index (χ0v) is 7.68. The SMILES string of the molecule is CCCC(=O)NCC.CCO. The number of carbonyl (C=O) groups is 1. The third-order valence-corrected chi connectivity index (χ3v) is 0.851. The van der Waals surface area contributed by atoms with E-state index in [0.717, 1.165) is 13.0 Å². The molecule has 1 amide bonds. The van der Waals surface area contributed by atoms with Crippen molar-refractivity contribution in [3.05, 3.63) is 0 Å². The van der Waals surface area contributed by atoms with E-state index in [1.165, 1.54) is 0 Å². The molecule has 0 aliphatic rings. The molecule has 0 bridgehead atoms. The van der Waals surface area contributed by atoms with Crippen LogP contribution in [0.4, 0.5) is 0 Å². The lowest BCUT2D eigenvalue weighted by Crippen LogP contribution is -2.21. The lowest BCUT2D eigenvalue weighted by molar-refractivity contribution is -0.121. The van der Waals surface area contributed by atoms with Gasteiger partial charge in [-0.15, -0.1) is 0 Å². The van der Waals surface area contributed by atoms with Crippen molar-refractivity contribution in [2.24, 2.45) is 0 Å². The van der Waals surface area contributed by atoms with Crippen molar-refractivity contribution in [3.63, 3.8) is 0 Å². The third kappa shape index (κ3) is 17.7. The molecule has 3 heteroatoms. The van der Waals surface area contributed by atoms with Crippen LogP contribution in [-0.2, 0) is 4.79 Å². The van der Waals surface area contributed by atoms with Gasteiger partial charge in [-0.2, -0.15) is 0 Å². The molecule has 0 aromatic carbocycles. The van der Waals surface area contributed by atoms with E-state index < -0.39 is 0 Å². The average Bonchev–Trinajstić information content (AvgIpc) is 1.90. The summed E-state index contributed by atoms with van der Waals surface area (Å²) in [7, 11) is 0. The minimum absolute atomic E-state index is 0.162. The van der Waals surface area contributed by atoms with Gasteiger partial charge in [0.05, 0.1) is 0 Å². The van der Waals surface area contributed by atoms with E-state index in [1.54, 1.807) is 6.92 Å². The van der Waals surface area contributed by atoms with Crippen LogP contribution in [-0.4, -0.2) is 24.2 Å². The number of hydrogen-bond donors (Lipinski definition) is 2. The predicted molar refractivity (Wildman–Crippen MR) is 46.4 cm³/mol. The molecule has 0 rings (SSSR count). The van der Waals surface area contributed by atoms with Gasteiger partial charge in [0.2, 0.25) is 5.91 Å². The Hall–Kier alpha value is -0.570. The van der Waals surface area contributed by atoms with E-state index in [1.807, 2.05) is 13.8 Å². The Balaban J connectivity index is 0. The maximum atomic E-state index is 10.5. The molecule has 0 aliphatic carbocycles. The second kappa shape index (κ2) is 12.1. The first-order valence-electron chi connectivity index (χ1n) is 4.10. The van der Waals surface area contributed by atoms with Crippen LogP contribution in [0, 0.1) is 0 Å². The van der Waals surface area contributed by atoms with Gasteiger partial charge in [-0.3, -0.25) is 4.79 Å². The van der Waals surface area contributed by atoms with Crippen LogP contribution >= 0.6 is 0 Å². The summed E-state index contributed by atoms with van der Waals surface area (Å²) >= 11 is 0. The first-order valence-corrected chi connectivity index (χ1v) is 4.10. The highest BCUT2D eigenvalue weighted by Gasteiger charge is 1.92. The maximum absolute atomic E-state index is 10.5. The fraction of sp³-hybridized carbons (Fsp3) is 0.875. The summed E-state index contributed by atoms with van der Waals surface area (Å²) in [5.74, 6) is 0.162. The zero-order valence-electron chi connectivity index (χ0n) is 7.68. The summed E-state index contributed by atoms with van der Waals surface area (Å²) < 4.78 is 0. The van der Waals surface area contributed by atoms with Crippen LogP contribution in [0.3, 0.4) is 0 Å². The van der Waals surface area contributed by atoms with Crippen LogP contribution in [0.2, 0.25) is 0 Å². The Kier molecular flexibility index (Phi) is 14.4. The minimum Gasteiger partial charge on any atom is -0.397 e. The van der Waals surface area contributed by atoms with Crippen LogP contribution in [0.1, 0.15) is 33.6 Å². The van der Waals surface area contributed by atoms with Gasteiger partial charge < -0.3 is 10.4 Å². The summed E-state index contributed by atoms with van der Waals surface area (Å²) in [4.78, 5) is 10.5. The molecule has 0 saturated carbocycles. The van der Waals surface area contributed by atoms with Crippen LogP contribution < -0.4 is 5.32 Å². The van der Waals surface area contributed by atoms with Crippen molar-refractivity contribution in [2.45, 2.75) is 33.6 Å². The molecular weight excluding hydrogens is 142 g/mol. The van der Waals surface area contributed by atoms with Crippen molar-refractivity contribution in [3.8, 4) is 0 Å². The molecule has 0 heterocycles. The lowest BCUT2D eigenvalue weighted by Gasteiger charge is -1.96. The van der Waals surface area contributed by atoms with Crippen molar-refractivity contribution in [2.75, 3.05) is 13.2 Å². The molecule has 0 aliphatic heterocycles. The Bertz CT molecular complexity index is 76.2. The summed E-state index contributed by atoms with van der Waals surface area (Å²) in [6.07, 6.45) is 1.60. The van der Waals surface area contributed by atoms with Crippen molar-refractivity contribution in [1.82, 2.24) is 5.32 Å². The average molecular weight is 161 g/mol. The number of amides is 1. The smallest absolute Gasteiger partial charge is 0.219 e. The summed E-state index contributed by atoms with van der Waals surface area (Å²) in [5.41, 5.74) is 0. The lowest BCUT2D eigenvalue weighted by atomic mass is 10.3. The molecule has 0 spiro atoms. The van der Waals surface area contributed by atoms with Crippen molar-refractivity contribution >= 4 is 5.91 Å². The highest BCUT2D eigenvalue weighted by atomic mass is 16.2. The van der Waals surface area contributed by atoms with Gasteiger partial charge in [0.15, 0.2) is 0 Å². The van der Waals surface area contributed by atoms with Gasteiger partial charge in [-0.1, -0.05) is 6.92 Å². The molecule has 11 heavy (non-hydrogen) atoms. The van der Waals surface area contributed by atoms with Crippen molar-refractivity contribution in [1.29, 1.82) is 0 Å². The molecule has 2 N–H and O–H groups in total. The summed E-state index contributed by atoms with van der Waals surface area (Å²) in [6, 6.07) is 0. The first kappa shape index (κ1) is 13.1. The Morgan fingerprint density at radius 2 is 1.82 bits per heavy atom. The highest BCUT2D eigenvalue weighted by Crippen LogP contribution is 1.83. The number of aliphatic hydroxyl groups excluding tert-OH is 1. The van der Waals surface area contributed by atoms with E-state index >= 15 is 0 Å². The van der Waals surface area contributed by atoms with E-state index in [2.05, 4.69) is 5.32 Å². The maximum Gasteiger partial charge on any atom is 0.219 e. The first-order chi connectivity index (χ1) is 5.22. The van der Waals surface area contributed by atoms with Crippen LogP contribution in [0.15, 0.2) is 0 Å². The molecule has 0 saturated heterocycles. The number of aliphatic hydroxyl groups is 1. The standard InChI is InChI=1S/C6H13NO.C2H6O/c1-3-5-6(8)7-4-2;1-2-3/h3-5H2,1-2H3,(H,7,8);3H,2H2,1H3. The van der Waals surface area contributed by atoms with E-state index in [-0.39, 0.29) is 12.5 Å². The highest BCUT2D eigenvalue weighted by molar-refractivity contribution is 5.75. The van der Waals surface area contributed by atoms with Gasteiger partial charge in [0.25, 0.3) is 0 Å². The van der Waals surface area contributed by atoms with Gasteiger partial charge >= 0.3 is 0 Å². The minimum atomic E-state index is 0.162. The van der Waals surface area contributed by atoms with Gasteiger partial charge in [-0.25, -0.2) is 0 Å². The number of rotatable bonds is 3. The second-order valence-electron chi connectivity index (χ2n) is 2.02. The number of hydrogen-bond acceptors (Lipinski definition) is 2. The van der Waals surface area contributed by atoms with E-state index in [4.69, 9.17) is 5.11 Å². The fourth-order valence-corrected chi connectivity index (χ4v) is 0.513. The zero-order chi connectivity index (χ0) is 9.11. The molecule has 3 nitrogen and oxygen atoms in total. The van der Waals surface area contributed by atoms with E-state index in [9.17, 15) is 4.79 Å². The largest absolute Gasteiger partial charge is 0.397 e. The van der Waals surface area contributed by atoms with Crippen LogP contribution in [0.25, 0.3) is 0 Å². The van der Waals surface area contributed by atoms with Gasteiger partial charge in [-0.05, 0) is 20.3 Å². The Morgan fingerprint density at radius 3 is 2.09 bits per heavy atom. The molecule has 0 aromatic heterocycles. The van der Waals surface area contributed by atoms with Crippen LogP contribution in [0.5, 0.6) is 0 Å². The summed E-state index contributed by atoms with van der Waals surface area (Å²) in [6.45, 7) is 6.60. The van der Waals surface area contributed by atoms with Crippen molar-refractivity contribution < 1.29 is 9.90 Å². The molecule has 0 radical (unpaired) electrons. The molecule has 0 fully saturated rings. The fourth-order valence-electron chi connectivity index (χ4n) is 0.513. The molecule has 0 unspecified atom stereocenters. The quantitative estimate of drug-likeness (QED) is 0.646. The van der Waals surface area contributed by atoms with Gasteiger partial charge in [0, 0.05) is 19.6 Å². The molecule has 0 aromatic rings. The number of carbonyl (C=O) groups excluding carboxylic acids is 1.